The minimum Gasteiger partial charge on any atom is -0.459 e. The third kappa shape index (κ3) is 4.10. The zero-order valence-electron chi connectivity index (χ0n) is 11.1. The molecule has 0 unspecified atom stereocenters. The number of piperidine rings is 1. The molecule has 4 heteroatoms. The standard InChI is InChI=1S/C14H23NO3/c1-17-13(9-11-5-2-3-8-15-11)10-12-6-4-7-14(16)18-12/h4,7,11-13,15H,2-3,5-6,8-10H2,1H3/t11-,12+,13+/m1/s1. The summed E-state index contributed by atoms with van der Waals surface area (Å²) in [6, 6.07) is 0.554. The van der Waals surface area contributed by atoms with Gasteiger partial charge in [-0.25, -0.2) is 4.79 Å². The molecule has 0 spiro atoms. The van der Waals surface area contributed by atoms with E-state index in [1.165, 1.54) is 25.3 Å². The van der Waals surface area contributed by atoms with Gasteiger partial charge in [0.2, 0.25) is 0 Å². The predicted octanol–water partition coefficient (Wildman–Crippen LogP) is 1.80. The van der Waals surface area contributed by atoms with Crippen LogP contribution in [-0.4, -0.2) is 37.9 Å². The number of esters is 1. The average molecular weight is 253 g/mol. The second-order valence-electron chi connectivity index (χ2n) is 5.17. The molecule has 4 nitrogen and oxygen atoms in total. The predicted molar refractivity (Wildman–Crippen MR) is 69.3 cm³/mol. The van der Waals surface area contributed by atoms with E-state index >= 15 is 0 Å². The van der Waals surface area contributed by atoms with E-state index in [-0.39, 0.29) is 18.2 Å². The average Bonchev–Trinajstić information content (AvgIpc) is 2.39. The van der Waals surface area contributed by atoms with Gasteiger partial charge in [-0.1, -0.05) is 12.5 Å². The maximum absolute atomic E-state index is 11.2. The third-order valence-electron chi connectivity index (χ3n) is 3.75. The van der Waals surface area contributed by atoms with Crippen LogP contribution in [-0.2, 0) is 14.3 Å². The number of carbonyl (C=O) groups is 1. The Labute approximate surface area is 109 Å². The number of ether oxygens (including phenoxy) is 2. The van der Waals surface area contributed by atoms with Gasteiger partial charge in [-0.3, -0.25) is 0 Å². The Morgan fingerprint density at radius 1 is 1.50 bits per heavy atom. The van der Waals surface area contributed by atoms with E-state index in [1.807, 2.05) is 6.08 Å². The van der Waals surface area contributed by atoms with Crippen LogP contribution >= 0.6 is 0 Å². The van der Waals surface area contributed by atoms with Gasteiger partial charge in [0.15, 0.2) is 0 Å². The summed E-state index contributed by atoms with van der Waals surface area (Å²) in [5.41, 5.74) is 0. The van der Waals surface area contributed by atoms with E-state index in [2.05, 4.69) is 5.32 Å². The topological polar surface area (TPSA) is 47.6 Å². The summed E-state index contributed by atoms with van der Waals surface area (Å²) in [6.07, 6.45) is 9.96. The highest BCUT2D eigenvalue weighted by molar-refractivity contribution is 5.82. The molecule has 2 rings (SSSR count). The molecule has 2 aliphatic rings. The highest BCUT2D eigenvalue weighted by atomic mass is 16.5. The Morgan fingerprint density at radius 2 is 2.39 bits per heavy atom. The molecular formula is C14H23NO3. The van der Waals surface area contributed by atoms with Gasteiger partial charge >= 0.3 is 5.97 Å². The highest BCUT2D eigenvalue weighted by Gasteiger charge is 2.24. The number of hydrogen-bond donors (Lipinski definition) is 1. The first-order valence-electron chi connectivity index (χ1n) is 6.91. The molecule has 0 bridgehead atoms. The monoisotopic (exact) mass is 253 g/mol. The maximum Gasteiger partial charge on any atom is 0.330 e. The van der Waals surface area contributed by atoms with Crippen LogP contribution in [0.25, 0.3) is 0 Å². The van der Waals surface area contributed by atoms with Gasteiger partial charge in [0.1, 0.15) is 6.10 Å². The Bertz CT molecular complexity index is 297. The first kappa shape index (κ1) is 13.6. The van der Waals surface area contributed by atoms with Gasteiger partial charge in [-0.15, -0.1) is 0 Å². The molecular weight excluding hydrogens is 230 g/mol. The Kier molecular flexibility index (Phi) is 5.20. The fourth-order valence-corrected chi connectivity index (χ4v) is 2.74. The first-order valence-corrected chi connectivity index (χ1v) is 6.91. The van der Waals surface area contributed by atoms with Crippen molar-refractivity contribution in [2.45, 2.75) is 56.8 Å². The molecule has 0 aromatic carbocycles. The Morgan fingerprint density at radius 3 is 3.06 bits per heavy atom. The van der Waals surface area contributed by atoms with E-state index in [1.54, 1.807) is 7.11 Å². The molecule has 2 heterocycles. The fourth-order valence-electron chi connectivity index (χ4n) is 2.74. The van der Waals surface area contributed by atoms with E-state index in [0.717, 1.165) is 25.8 Å². The van der Waals surface area contributed by atoms with Gasteiger partial charge in [0.25, 0.3) is 0 Å². The van der Waals surface area contributed by atoms with E-state index in [0.29, 0.717) is 6.04 Å². The number of rotatable bonds is 5. The first-order chi connectivity index (χ1) is 8.78. The SMILES string of the molecule is CO[C@@H](C[C@H]1CCCCN1)C[C@@H]1CC=CC(=O)O1. The van der Waals surface area contributed by atoms with Crippen LogP contribution in [0.15, 0.2) is 12.2 Å². The Hall–Kier alpha value is -0.870. The number of carbonyl (C=O) groups excluding carboxylic acids is 1. The minimum absolute atomic E-state index is 0.0176. The number of hydrogen-bond acceptors (Lipinski definition) is 4. The summed E-state index contributed by atoms with van der Waals surface area (Å²) in [6.45, 7) is 1.11. The van der Waals surface area contributed by atoms with Gasteiger partial charge in [0, 0.05) is 32.1 Å². The molecule has 0 aliphatic carbocycles. The lowest BCUT2D eigenvalue weighted by Gasteiger charge is -2.29. The second kappa shape index (κ2) is 6.90. The molecule has 1 fully saturated rings. The maximum atomic E-state index is 11.2. The van der Waals surface area contributed by atoms with Crippen molar-refractivity contribution in [2.24, 2.45) is 0 Å². The van der Waals surface area contributed by atoms with Crippen molar-refractivity contribution < 1.29 is 14.3 Å². The number of cyclic esters (lactones) is 1. The largest absolute Gasteiger partial charge is 0.459 e. The summed E-state index contributed by atoms with van der Waals surface area (Å²) >= 11 is 0. The molecule has 0 radical (unpaired) electrons. The van der Waals surface area contributed by atoms with Crippen LogP contribution in [0.5, 0.6) is 0 Å². The van der Waals surface area contributed by atoms with Crippen LogP contribution in [0, 0.1) is 0 Å². The summed E-state index contributed by atoms with van der Waals surface area (Å²) < 4.78 is 10.8. The summed E-state index contributed by atoms with van der Waals surface area (Å²) in [4.78, 5) is 11.2. The summed E-state index contributed by atoms with van der Waals surface area (Å²) in [7, 11) is 1.74. The lowest BCUT2D eigenvalue weighted by atomic mass is 9.95. The fraction of sp³-hybridized carbons (Fsp3) is 0.786. The van der Waals surface area contributed by atoms with Crippen LogP contribution in [0.3, 0.4) is 0 Å². The molecule has 1 saturated heterocycles. The Balaban J connectivity index is 1.77. The van der Waals surface area contributed by atoms with Gasteiger partial charge in [-0.05, 0) is 25.8 Å². The number of nitrogens with one attached hydrogen (secondary N) is 1. The van der Waals surface area contributed by atoms with Crippen molar-refractivity contribution in [3.05, 3.63) is 12.2 Å². The van der Waals surface area contributed by atoms with Crippen molar-refractivity contribution in [1.82, 2.24) is 5.32 Å². The quantitative estimate of drug-likeness (QED) is 0.759. The van der Waals surface area contributed by atoms with Crippen LogP contribution in [0.2, 0.25) is 0 Å². The molecule has 0 amide bonds. The summed E-state index contributed by atoms with van der Waals surface area (Å²) in [5, 5.41) is 3.53. The molecule has 0 aromatic heterocycles. The van der Waals surface area contributed by atoms with E-state index in [9.17, 15) is 4.79 Å². The van der Waals surface area contributed by atoms with Crippen LogP contribution in [0.4, 0.5) is 0 Å². The minimum atomic E-state index is -0.225. The van der Waals surface area contributed by atoms with Gasteiger partial charge < -0.3 is 14.8 Å². The van der Waals surface area contributed by atoms with Crippen LogP contribution < -0.4 is 5.32 Å². The van der Waals surface area contributed by atoms with Gasteiger partial charge in [-0.2, -0.15) is 0 Å². The molecule has 3 atom stereocenters. The van der Waals surface area contributed by atoms with E-state index in [4.69, 9.17) is 9.47 Å². The zero-order valence-corrected chi connectivity index (χ0v) is 11.1. The normalized spacial score (nSPS) is 29.9. The lowest BCUT2D eigenvalue weighted by molar-refractivity contribution is -0.145. The van der Waals surface area contributed by atoms with Crippen molar-refractivity contribution in [3.8, 4) is 0 Å². The van der Waals surface area contributed by atoms with Gasteiger partial charge in [0.05, 0.1) is 6.10 Å². The number of methoxy groups -OCH3 is 1. The van der Waals surface area contributed by atoms with Crippen molar-refractivity contribution in [2.75, 3.05) is 13.7 Å². The van der Waals surface area contributed by atoms with Crippen molar-refractivity contribution in [1.29, 1.82) is 0 Å². The third-order valence-corrected chi connectivity index (χ3v) is 3.75. The van der Waals surface area contributed by atoms with Crippen molar-refractivity contribution >= 4 is 5.97 Å². The molecule has 0 saturated carbocycles. The molecule has 102 valence electrons. The molecule has 1 N–H and O–H groups in total. The molecule has 18 heavy (non-hydrogen) atoms. The zero-order chi connectivity index (χ0) is 12.8. The molecule has 2 aliphatic heterocycles. The van der Waals surface area contributed by atoms with Crippen molar-refractivity contribution in [3.63, 3.8) is 0 Å². The smallest absolute Gasteiger partial charge is 0.330 e. The highest BCUT2D eigenvalue weighted by Crippen LogP contribution is 2.20. The second-order valence-corrected chi connectivity index (χ2v) is 5.17. The summed E-state index contributed by atoms with van der Waals surface area (Å²) in [5.74, 6) is -0.225. The van der Waals surface area contributed by atoms with Crippen LogP contribution in [0.1, 0.15) is 38.5 Å². The van der Waals surface area contributed by atoms with E-state index < -0.39 is 0 Å². The lowest BCUT2D eigenvalue weighted by Crippen LogP contribution is -2.38. The molecule has 0 aromatic rings.